The number of benzene rings is 3. The molecule has 0 saturated heterocycles. The zero-order valence-electron chi connectivity index (χ0n) is 20.4. The van der Waals surface area contributed by atoms with E-state index in [1.165, 1.54) is 6.21 Å². The van der Waals surface area contributed by atoms with Crippen LogP contribution in [0, 0.1) is 13.8 Å². The average molecular weight is 470 g/mol. The van der Waals surface area contributed by atoms with Crippen molar-refractivity contribution < 1.29 is 19.0 Å². The van der Waals surface area contributed by atoms with Crippen LogP contribution in [0.2, 0.25) is 0 Å². The summed E-state index contributed by atoms with van der Waals surface area (Å²) in [6.07, 6.45) is 1.53. The van der Waals surface area contributed by atoms with Crippen molar-refractivity contribution in [1.29, 1.82) is 0 Å². The van der Waals surface area contributed by atoms with Gasteiger partial charge in [0.25, 0.3) is 5.91 Å². The van der Waals surface area contributed by atoms with Crippen LogP contribution in [0.3, 0.4) is 0 Å². The molecule has 1 amide bonds. The Morgan fingerprint density at radius 3 is 2.31 bits per heavy atom. The maximum absolute atomic E-state index is 13.2. The van der Waals surface area contributed by atoms with Crippen LogP contribution >= 0.6 is 0 Å². The minimum absolute atomic E-state index is 0.334. The molecule has 178 valence electrons. The quantitative estimate of drug-likeness (QED) is 0.293. The standard InChI is InChI=1S/C28H27N3O4/c1-17-10-11-18(2)21(12-17)24-15-22(20-8-6-7-9-23(20)30-24)28(32)31-29-16-19-13-25(33-3)27(35-5)26(14-19)34-4/h6-16H,1-5H3,(H,31,32). The molecule has 3 aromatic carbocycles. The van der Waals surface area contributed by atoms with E-state index in [1.807, 2.05) is 44.2 Å². The van der Waals surface area contributed by atoms with Crippen molar-refractivity contribution in [2.75, 3.05) is 21.3 Å². The maximum Gasteiger partial charge on any atom is 0.272 e. The second kappa shape index (κ2) is 10.3. The number of hydrogen-bond acceptors (Lipinski definition) is 6. The molecule has 7 nitrogen and oxygen atoms in total. The summed E-state index contributed by atoms with van der Waals surface area (Å²) in [6.45, 7) is 4.07. The summed E-state index contributed by atoms with van der Waals surface area (Å²) in [5.41, 5.74) is 8.49. The fourth-order valence-corrected chi connectivity index (χ4v) is 3.91. The van der Waals surface area contributed by atoms with Crippen molar-refractivity contribution in [2.45, 2.75) is 13.8 Å². The Kier molecular flexibility index (Phi) is 6.96. The molecule has 0 atom stereocenters. The Morgan fingerprint density at radius 2 is 1.63 bits per heavy atom. The minimum atomic E-state index is -0.334. The number of hydrogen-bond donors (Lipinski definition) is 1. The van der Waals surface area contributed by atoms with E-state index in [0.717, 1.165) is 33.3 Å². The summed E-state index contributed by atoms with van der Waals surface area (Å²) in [7, 11) is 4.63. The van der Waals surface area contributed by atoms with E-state index in [1.54, 1.807) is 33.5 Å². The number of fused-ring (bicyclic) bond motifs is 1. The van der Waals surface area contributed by atoms with Crippen LogP contribution in [-0.4, -0.2) is 38.4 Å². The van der Waals surface area contributed by atoms with Crippen LogP contribution in [-0.2, 0) is 0 Å². The van der Waals surface area contributed by atoms with Crippen LogP contribution < -0.4 is 19.6 Å². The first kappa shape index (κ1) is 23.8. The fourth-order valence-electron chi connectivity index (χ4n) is 3.91. The first-order valence-corrected chi connectivity index (χ1v) is 11.1. The molecule has 0 aliphatic heterocycles. The number of aryl methyl sites for hydroxylation is 2. The summed E-state index contributed by atoms with van der Waals surface area (Å²) in [5.74, 6) is 1.15. The monoisotopic (exact) mass is 469 g/mol. The van der Waals surface area contributed by atoms with Gasteiger partial charge < -0.3 is 14.2 Å². The minimum Gasteiger partial charge on any atom is -0.493 e. The number of hydrazone groups is 1. The average Bonchev–Trinajstić information content (AvgIpc) is 2.88. The number of aromatic nitrogens is 1. The van der Waals surface area contributed by atoms with Gasteiger partial charge in [-0.1, -0.05) is 35.9 Å². The number of carbonyl (C=O) groups is 1. The van der Waals surface area contributed by atoms with Crippen molar-refractivity contribution in [3.05, 3.63) is 82.9 Å². The lowest BCUT2D eigenvalue weighted by Crippen LogP contribution is -2.18. The first-order chi connectivity index (χ1) is 16.9. The largest absolute Gasteiger partial charge is 0.493 e. The number of nitrogens with zero attached hydrogens (tertiary/aromatic N) is 2. The second-order valence-corrected chi connectivity index (χ2v) is 8.05. The highest BCUT2D eigenvalue weighted by Gasteiger charge is 2.15. The van der Waals surface area contributed by atoms with Crippen LogP contribution in [0.15, 0.2) is 65.8 Å². The first-order valence-electron chi connectivity index (χ1n) is 11.1. The number of carbonyl (C=O) groups excluding carboxylic acids is 1. The van der Waals surface area contributed by atoms with Crippen LogP contribution in [0.5, 0.6) is 17.2 Å². The third-order valence-corrected chi connectivity index (χ3v) is 5.70. The Hall–Kier alpha value is -4.39. The van der Waals surface area contributed by atoms with Gasteiger partial charge in [0.2, 0.25) is 5.75 Å². The van der Waals surface area contributed by atoms with Crippen molar-refractivity contribution >= 4 is 23.0 Å². The molecule has 0 radical (unpaired) electrons. The number of nitrogens with one attached hydrogen (secondary N) is 1. The topological polar surface area (TPSA) is 82.0 Å². The van der Waals surface area contributed by atoms with Gasteiger partial charge in [0.05, 0.1) is 44.3 Å². The van der Waals surface area contributed by atoms with E-state index >= 15 is 0 Å². The van der Waals surface area contributed by atoms with Gasteiger partial charge in [-0.3, -0.25) is 4.79 Å². The zero-order chi connectivity index (χ0) is 24.9. The highest BCUT2D eigenvalue weighted by molar-refractivity contribution is 6.07. The van der Waals surface area contributed by atoms with E-state index < -0.39 is 0 Å². The Labute approximate surface area is 204 Å². The number of pyridine rings is 1. The summed E-state index contributed by atoms with van der Waals surface area (Å²) in [5, 5.41) is 4.92. The number of para-hydroxylation sites is 1. The molecule has 4 aromatic rings. The van der Waals surface area contributed by atoms with Crippen molar-refractivity contribution in [2.24, 2.45) is 5.10 Å². The number of ether oxygens (including phenoxy) is 3. The molecule has 1 heterocycles. The highest BCUT2D eigenvalue weighted by Crippen LogP contribution is 2.37. The molecule has 35 heavy (non-hydrogen) atoms. The van der Waals surface area contributed by atoms with Crippen molar-refractivity contribution in [3.63, 3.8) is 0 Å². The predicted octanol–water partition coefficient (Wildman–Crippen LogP) is 5.31. The Bertz CT molecular complexity index is 1400. The number of rotatable bonds is 7. The van der Waals surface area contributed by atoms with Crippen LogP contribution in [0.25, 0.3) is 22.2 Å². The summed E-state index contributed by atoms with van der Waals surface area (Å²) >= 11 is 0. The third kappa shape index (κ3) is 4.94. The van der Waals surface area contributed by atoms with E-state index in [9.17, 15) is 4.79 Å². The van der Waals surface area contributed by atoms with Gasteiger partial charge in [0.1, 0.15) is 0 Å². The summed E-state index contributed by atoms with van der Waals surface area (Å²) in [4.78, 5) is 18.0. The SMILES string of the molecule is COc1cc(C=NNC(=O)c2cc(-c3cc(C)ccc3C)nc3ccccc23)cc(OC)c1OC. The van der Waals surface area contributed by atoms with Crippen LogP contribution in [0.4, 0.5) is 0 Å². The number of methoxy groups -OCH3 is 3. The molecule has 0 saturated carbocycles. The molecular weight excluding hydrogens is 442 g/mol. The van der Waals surface area contributed by atoms with Crippen LogP contribution in [0.1, 0.15) is 27.0 Å². The number of amides is 1. The molecule has 0 unspecified atom stereocenters. The summed E-state index contributed by atoms with van der Waals surface area (Å²) in [6, 6.07) is 19.1. The van der Waals surface area contributed by atoms with Gasteiger partial charge in [-0.2, -0.15) is 5.10 Å². The Morgan fingerprint density at radius 1 is 0.914 bits per heavy atom. The molecule has 4 rings (SSSR count). The lowest BCUT2D eigenvalue weighted by molar-refractivity contribution is 0.0956. The van der Waals surface area contributed by atoms with E-state index in [4.69, 9.17) is 19.2 Å². The molecule has 0 fully saturated rings. The lowest BCUT2D eigenvalue weighted by Gasteiger charge is -2.13. The van der Waals surface area contributed by atoms with Gasteiger partial charge in [0.15, 0.2) is 11.5 Å². The van der Waals surface area contributed by atoms with Crippen molar-refractivity contribution in [1.82, 2.24) is 10.4 Å². The summed E-state index contributed by atoms with van der Waals surface area (Å²) < 4.78 is 16.1. The van der Waals surface area contributed by atoms with Gasteiger partial charge >= 0.3 is 0 Å². The normalized spacial score (nSPS) is 11.0. The third-order valence-electron chi connectivity index (χ3n) is 5.70. The molecular formula is C28H27N3O4. The maximum atomic E-state index is 13.2. The van der Waals surface area contributed by atoms with E-state index in [2.05, 4.69) is 28.7 Å². The molecule has 0 aliphatic carbocycles. The Balaban J connectivity index is 1.68. The van der Waals surface area contributed by atoms with Gasteiger partial charge in [-0.25, -0.2) is 10.4 Å². The lowest BCUT2D eigenvalue weighted by atomic mass is 9.99. The zero-order valence-corrected chi connectivity index (χ0v) is 20.4. The van der Waals surface area contributed by atoms with Gasteiger partial charge in [-0.15, -0.1) is 0 Å². The van der Waals surface area contributed by atoms with E-state index in [0.29, 0.717) is 28.4 Å². The van der Waals surface area contributed by atoms with Crippen molar-refractivity contribution in [3.8, 4) is 28.5 Å². The predicted molar refractivity (Wildman–Crippen MR) is 138 cm³/mol. The molecule has 0 aliphatic rings. The van der Waals surface area contributed by atoms with Gasteiger partial charge in [0, 0.05) is 16.5 Å². The van der Waals surface area contributed by atoms with Gasteiger partial charge in [-0.05, 0) is 49.7 Å². The molecule has 0 spiro atoms. The second-order valence-electron chi connectivity index (χ2n) is 8.05. The fraction of sp³-hybridized carbons (Fsp3) is 0.179. The molecule has 7 heteroatoms. The molecule has 0 bridgehead atoms. The smallest absolute Gasteiger partial charge is 0.272 e. The highest BCUT2D eigenvalue weighted by atomic mass is 16.5. The molecule has 1 aromatic heterocycles. The molecule has 1 N–H and O–H groups in total. The van der Waals surface area contributed by atoms with E-state index in [-0.39, 0.29) is 5.91 Å².